The second-order valence-electron chi connectivity index (χ2n) is 10.1. The van der Waals surface area contributed by atoms with Crippen LogP contribution in [0.25, 0.3) is 10.8 Å². The van der Waals surface area contributed by atoms with Crippen LogP contribution in [0.3, 0.4) is 0 Å². The first-order valence-electron chi connectivity index (χ1n) is 12.6. The van der Waals surface area contributed by atoms with Gasteiger partial charge in [0.05, 0.1) is 0 Å². The highest BCUT2D eigenvalue weighted by Gasteiger charge is 2.11. The molecule has 0 radical (unpaired) electrons. The van der Waals surface area contributed by atoms with Crippen molar-refractivity contribution in [3.05, 3.63) is 88.3 Å². The Hall–Kier alpha value is -2.65. The fourth-order valence-electron chi connectivity index (χ4n) is 3.55. The lowest BCUT2D eigenvalue weighted by molar-refractivity contribution is -0.118. The van der Waals surface area contributed by atoms with Crippen LogP contribution in [-0.2, 0) is 4.79 Å². The van der Waals surface area contributed by atoms with Crippen molar-refractivity contribution < 1.29 is 9.59 Å². The van der Waals surface area contributed by atoms with Crippen LogP contribution < -0.4 is 0 Å². The zero-order valence-corrected chi connectivity index (χ0v) is 25.2. The van der Waals surface area contributed by atoms with Crippen LogP contribution in [0.4, 0.5) is 0 Å². The second kappa shape index (κ2) is 16.2. The van der Waals surface area contributed by atoms with Crippen molar-refractivity contribution in [2.24, 2.45) is 5.41 Å². The van der Waals surface area contributed by atoms with E-state index in [4.69, 9.17) is 0 Å². The van der Waals surface area contributed by atoms with Gasteiger partial charge in [-0.3, -0.25) is 4.79 Å². The third-order valence-electron chi connectivity index (χ3n) is 4.87. The molecule has 0 saturated heterocycles. The number of aryl methyl sites for hydroxylation is 3. The highest BCUT2D eigenvalue weighted by Crippen LogP contribution is 2.28. The van der Waals surface area contributed by atoms with E-state index in [0.29, 0.717) is 6.42 Å². The molecule has 3 rings (SSSR count). The Kier molecular flexibility index (Phi) is 15.0. The predicted octanol–water partition coefficient (Wildman–Crippen LogP) is 10.3. The number of Topliss-reactive ketones (excluding diaryl/α,β-unsaturated/α-hetero) is 2. The summed E-state index contributed by atoms with van der Waals surface area (Å²) in [6, 6.07) is 18.7. The van der Waals surface area contributed by atoms with Gasteiger partial charge in [-0.1, -0.05) is 107 Å². The Balaban J connectivity index is 0.000000510. The summed E-state index contributed by atoms with van der Waals surface area (Å²) in [5.41, 5.74) is 4.82. The summed E-state index contributed by atoms with van der Waals surface area (Å²) >= 11 is 1.61. The monoisotopic (exact) mass is 506 g/mol. The van der Waals surface area contributed by atoms with E-state index < -0.39 is 0 Å². The Morgan fingerprint density at radius 2 is 1.42 bits per heavy atom. The van der Waals surface area contributed by atoms with E-state index >= 15 is 0 Å². The maximum atomic E-state index is 11.2. The summed E-state index contributed by atoms with van der Waals surface area (Å²) in [4.78, 5) is 23.8. The lowest BCUT2D eigenvalue weighted by atomic mass is 9.91. The minimum absolute atomic E-state index is 0.105. The Bertz CT molecular complexity index is 1150. The van der Waals surface area contributed by atoms with E-state index in [9.17, 15) is 9.59 Å². The molecule has 36 heavy (non-hydrogen) atoms. The molecule has 0 aromatic heterocycles. The lowest BCUT2D eigenvalue weighted by Crippen LogP contribution is -2.09. The number of hydrogen-bond acceptors (Lipinski definition) is 3. The van der Waals surface area contributed by atoms with Gasteiger partial charge >= 0.3 is 0 Å². The smallest absolute Gasteiger partial charge is 0.159 e. The van der Waals surface area contributed by atoms with Crippen LogP contribution in [0.15, 0.2) is 71.0 Å². The lowest BCUT2D eigenvalue weighted by Gasteiger charge is -2.14. The van der Waals surface area contributed by atoms with Gasteiger partial charge in [0.2, 0.25) is 0 Å². The number of ketones is 2. The largest absolute Gasteiger partial charge is 0.300 e. The minimum Gasteiger partial charge on any atom is -0.300 e. The summed E-state index contributed by atoms with van der Waals surface area (Å²) in [6.07, 6.45) is 0.687. The molecule has 3 aromatic rings. The van der Waals surface area contributed by atoms with Crippen molar-refractivity contribution in [1.29, 1.82) is 0 Å². The fraction of sp³-hybridized carbons (Fsp3) is 0.394. The molecular weight excluding hydrogens is 460 g/mol. The van der Waals surface area contributed by atoms with Gasteiger partial charge in [0.15, 0.2) is 5.78 Å². The molecule has 196 valence electrons. The van der Waals surface area contributed by atoms with Crippen molar-refractivity contribution in [3.8, 4) is 0 Å². The van der Waals surface area contributed by atoms with E-state index in [1.807, 2.05) is 45.9 Å². The Morgan fingerprint density at radius 3 is 1.89 bits per heavy atom. The molecule has 0 aliphatic heterocycles. The zero-order valence-electron chi connectivity index (χ0n) is 24.3. The van der Waals surface area contributed by atoms with Gasteiger partial charge < -0.3 is 4.79 Å². The molecule has 3 heteroatoms. The van der Waals surface area contributed by atoms with Gasteiger partial charge in [-0.25, -0.2) is 0 Å². The SMILES string of the molecule is C=C(C)Sc1cc(C(C)=O)ccc1C.CC.CC(=O)CC(C)(C)C.Cc1cc(C)c2ccccc2c1. The van der Waals surface area contributed by atoms with Gasteiger partial charge in [0, 0.05) is 16.9 Å². The first-order valence-corrected chi connectivity index (χ1v) is 13.4. The van der Waals surface area contributed by atoms with Crippen molar-refractivity contribution in [1.82, 2.24) is 0 Å². The van der Waals surface area contributed by atoms with E-state index in [0.717, 1.165) is 15.4 Å². The van der Waals surface area contributed by atoms with Gasteiger partial charge in [-0.15, -0.1) is 0 Å². The molecule has 2 nitrogen and oxygen atoms in total. The topological polar surface area (TPSA) is 34.1 Å². The minimum atomic E-state index is 0.105. The second-order valence-corrected chi connectivity index (χ2v) is 11.4. The third kappa shape index (κ3) is 13.4. The van der Waals surface area contributed by atoms with E-state index in [-0.39, 0.29) is 17.0 Å². The summed E-state index contributed by atoms with van der Waals surface area (Å²) in [5, 5.41) is 2.71. The molecule has 0 aliphatic rings. The average molecular weight is 507 g/mol. The Morgan fingerprint density at radius 1 is 0.833 bits per heavy atom. The van der Waals surface area contributed by atoms with Crippen LogP contribution in [0.2, 0.25) is 0 Å². The molecule has 0 N–H and O–H groups in total. The van der Waals surface area contributed by atoms with Crippen molar-refractivity contribution >= 4 is 34.1 Å². The van der Waals surface area contributed by atoms with Crippen LogP contribution in [0, 0.1) is 26.2 Å². The zero-order chi connectivity index (χ0) is 28.1. The summed E-state index contributed by atoms with van der Waals surface area (Å²) in [5.74, 6) is 0.381. The summed E-state index contributed by atoms with van der Waals surface area (Å²) in [7, 11) is 0. The number of carbonyl (C=O) groups excluding carboxylic acids is 2. The van der Waals surface area contributed by atoms with Crippen LogP contribution >= 0.6 is 11.8 Å². The number of carbonyl (C=O) groups is 2. The van der Waals surface area contributed by atoms with Crippen LogP contribution in [0.5, 0.6) is 0 Å². The molecule has 0 atom stereocenters. The molecule has 0 unspecified atom stereocenters. The van der Waals surface area contributed by atoms with E-state index in [1.165, 1.54) is 27.5 Å². The van der Waals surface area contributed by atoms with E-state index in [1.54, 1.807) is 25.6 Å². The maximum absolute atomic E-state index is 11.2. The van der Waals surface area contributed by atoms with E-state index in [2.05, 4.69) is 77.6 Å². The Labute approximate surface area is 224 Å². The number of thioether (sulfide) groups is 1. The number of hydrogen-bond donors (Lipinski definition) is 0. The highest BCUT2D eigenvalue weighted by atomic mass is 32.2. The van der Waals surface area contributed by atoms with Crippen molar-refractivity contribution in [3.63, 3.8) is 0 Å². The molecule has 3 aromatic carbocycles. The van der Waals surface area contributed by atoms with Gasteiger partial charge in [0.1, 0.15) is 5.78 Å². The fourth-order valence-corrected chi connectivity index (χ4v) is 4.34. The molecule has 0 bridgehead atoms. The maximum Gasteiger partial charge on any atom is 0.159 e. The summed E-state index contributed by atoms with van der Waals surface area (Å²) < 4.78 is 0. The molecule has 0 spiro atoms. The highest BCUT2D eigenvalue weighted by molar-refractivity contribution is 8.03. The molecule has 0 aliphatic carbocycles. The first kappa shape index (κ1) is 33.4. The normalized spacial score (nSPS) is 10.1. The summed E-state index contributed by atoms with van der Waals surface area (Å²) in [6.45, 7) is 25.5. The average Bonchev–Trinajstić information content (AvgIpc) is 2.75. The number of rotatable bonds is 4. The quantitative estimate of drug-likeness (QED) is 0.261. The standard InChI is InChI=1S/C12H14OS.C12H12.C7H14O.C2H6/c1-8(2)14-12-7-11(10(4)13)6-5-9(12)3;1-9-7-10(2)12-6-4-3-5-11(12)8-9;1-6(8)5-7(2,3)4;1-2/h5-7H,1H2,2-4H3;3-8H,1-2H3;5H2,1-4H3;1-2H3. The van der Waals surface area contributed by atoms with Crippen molar-refractivity contribution in [2.45, 2.75) is 87.5 Å². The van der Waals surface area contributed by atoms with Crippen LogP contribution in [0.1, 0.15) is 88.9 Å². The van der Waals surface area contributed by atoms with Gasteiger partial charge in [-0.05, 0) is 79.8 Å². The number of benzene rings is 3. The molecule has 0 saturated carbocycles. The van der Waals surface area contributed by atoms with Crippen molar-refractivity contribution in [2.75, 3.05) is 0 Å². The third-order valence-corrected chi connectivity index (χ3v) is 5.88. The first-order chi connectivity index (χ1) is 16.7. The molecule has 0 amide bonds. The van der Waals surface area contributed by atoms with Gasteiger partial charge in [0.25, 0.3) is 0 Å². The molecular formula is C33H46O2S. The number of fused-ring (bicyclic) bond motifs is 1. The predicted molar refractivity (Wildman–Crippen MR) is 161 cm³/mol. The van der Waals surface area contributed by atoms with Gasteiger partial charge in [-0.2, -0.15) is 0 Å². The number of allylic oxidation sites excluding steroid dienone is 1. The van der Waals surface area contributed by atoms with Crippen LogP contribution in [-0.4, -0.2) is 11.6 Å². The molecule has 0 heterocycles. The molecule has 0 fully saturated rings.